The zero-order valence-electron chi connectivity index (χ0n) is 8.84. The average molecular weight is 296 g/mol. The minimum Gasteiger partial charge on any atom is -0.301 e. The van der Waals surface area contributed by atoms with Gasteiger partial charge in [-0.15, -0.1) is 0 Å². The predicted octanol–water partition coefficient (Wildman–Crippen LogP) is 3.44. The van der Waals surface area contributed by atoms with Gasteiger partial charge in [0.1, 0.15) is 4.83 Å². The highest BCUT2D eigenvalue weighted by molar-refractivity contribution is 9.09. The normalized spacial score (nSPS) is 14.1. The fourth-order valence-corrected chi connectivity index (χ4v) is 1.83. The van der Waals surface area contributed by atoms with Crippen LogP contribution in [0.4, 0.5) is 13.2 Å². The van der Waals surface area contributed by atoms with Gasteiger partial charge in [-0.1, -0.05) is 46.3 Å². The van der Waals surface area contributed by atoms with Gasteiger partial charge in [0.15, 0.2) is 0 Å². The number of alkyl halides is 4. The number of rotatable bonds is 4. The van der Waals surface area contributed by atoms with E-state index in [2.05, 4.69) is 15.9 Å². The van der Waals surface area contributed by atoms with E-state index in [4.69, 9.17) is 0 Å². The molecule has 0 aliphatic carbocycles. The molecule has 0 aliphatic rings. The molecule has 0 fully saturated rings. The molecule has 0 aromatic heterocycles. The average Bonchev–Trinajstić information content (AvgIpc) is 2.17. The molecule has 1 aromatic carbocycles. The first-order chi connectivity index (χ1) is 7.39. The van der Waals surface area contributed by atoms with E-state index in [1.807, 2.05) is 30.3 Å². The molecule has 0 heterocycles. The summed E-state index contributed by atoms with van der Waals surface area (Å²) in [5, 5.41) is 0. The van der Waals surface area contributed by atoms with Crippen LogP contribution < -0.4 is 0 Å². The van der Waals surface area contributed by atoms with E-state index in [0.717, 1.165) is 5.56 Å². The van der Waals surface area contributed by atoms with Crippen LogP contribution in [0, 0.1) is 0 Å². The van der Waals surface area contributed by atoms with Crippen LogP contribution >= 0.6 is 15.9 Å². The Bertz CT molecular complexity index is 313. The van der Waals surface area contributed by atoms with Crippen molar-refractivity contribution in [2.24, 2.45) is 0 Å². The zero-order valence-corrected chi connectivity index (χ0v) is 10.4. The lowest BCUT2D eigenvalue weighted by Gasteiger charge is -2.21. The van der Waals surface area contributed by atoms with Gasteiger partial charge in [0.05, 0.1) is 0 Å². The fourth-order valence-electron chi connectivity index (χ4n) is 1.34. The quantitative estimate of drug-likeness (QED) is 0.769. The van der Waals surface area contributed by atoms with E-state index in [1.54, 1.807) is 11.9 Å². The molecule has 90 valence electrons. The topological polar surface area (TPSA) is 3.24 Å². The molecular weight excluding hydrogens is 283 g/mol. The molecule has 1 unspecified atom stereocenters. The maximum atomic E-state index is 12.3. The Labute approximate surface area is 101 Å². The number of hydrogen-bond acceptors (Lipinski definition) is 1. The van der Waals surface area contributed by atoms with Crippen molar-refractivity contribution in [3.63, 3.8) is 0 Å². The first kappa shape index (κ1) is 13.5. The smallest absolute Gasteiger partial charge is 0.301 e. The first-order valence-corrected chi connectivity index (χ1v) is 5.74. The van der Waals surface area contributed by atoms with Crippen molar-refractivity contribution in [3.05, 3.63) is 35.9 Å². The van der Waals surface area contributed by atoms with Crippen molar-refractivity contribution < 1.29 is 13.2 Å². The standard InChI is InChI=1S/C11H13BrF3N/c1-16(8-10(12)11(13,14)15)7-9-5-3-2-4-6-9/h2-6,10H,7-8H2,1H3. The molecule has 0 spiro atoms. The van der Waals surface area contributed by atoms with Crippen LogP contribution in [0.3, 0.4) is 0 Å². The third kappa shape index (κ3) is 4.53. The van der Waals surface area contributed by atoms with Gasteiger partial charge in [-0.2, -0.15) is 13.2 Å². The Morgan fingerprint density at radius 3 is 2.31 bits per heavy atom. The summed E-state index contributed by atoms with van der Waals surface area (Å²) in [5.41, 5.74) is 1.01. The summed E-state index contributed by atoms with van der Waals surface area (Å²) >= 11 is 2.65. The molecule has 0 bridgehead atoms. The van der Waals surface area contributed by atoms with Gasteiger partial charge in [-0.05, 0) is 12.6 Å². The van der Waals surface area contributed by atoms with Crippen LogP contribution in [-0.4, -0.2) is 29.5 Å². The summed E-state index contributed by atoms with van der Waals surface area (Å²) in [7, 11) is 1.67. The van der Waals surface area contributed by atoms with Crippen molar-refractivity contribution >= 4 is 15.9 Å². The van der Waals surface area contributed by atoms with Gasteiger partial charge in [-0.25, -0.2) is 0 Å². The molecule has 1 aromatic rings. The summed E-state index contributed by atoms with van der Waals surface area (Å²) in [5.74, 6) is 0. The van der Waals surface area contributed by atoms with Gasteiger partial charge in [0.25, 0.3) is 0 Å². The van der Waals surface area contributed by atoms with Crippen LogP contribution in [0.25, 0.3) is 0 Å². The van der Waals surface area contributed by atoms with Crippen molar-refractivity contribution in [2.45, 2.75) is 17.5 Å². The van der Waals surface area contributed by atoms with Gasteiger partial charge in [0.2, 0.25) is 0 Å². The van der Waals surface area contributed by atoms with E-state index in [1.165, 1.54) is 0 Å². The molecule has 0 aliphatic heterocycles. The van der Waals surface area contributed by atoms with Crippen molar-refractivity contribution in [3.8, 4) is 0 Å². The van der Waals surface area contributed by atoms with Crippen LogP contribution in [0.2, 0.25) is 0 Å². The maximum Gasteiger partial charge on any atom is 0.402 e. The third-order valence-corrected chi connectivity index (χ3v) is 2.93. The molecule has 0 radical (unpaired) electrons. The Balaban J connectivity index is 2.45. The molecule has 0 saturated carbocycles. The highest BCUT2D eigenvalue weighted by atomic mass is 79.9. The Kier molecular flexibility index (Phi) is 4.80. The number of benzene rings is 1. The third-order valence-electron chi connectivity index (χ3n) is 2.12. The Morgan fingerprint density at radius 2 is 1.81 bits per heavy atom. The highest BCUT2D eigenvalue weighted by Gasteiger charge is 2.38. The predicted molar refractivity (Wildman–Crippen MR) is 61.5 cm³/mol. The monoisotopic (exact) mass is 295 g/mol. The minimum absolute atomic E-state index is 0.0571. The summed E-state index contributed by atoms with van der Waals surface area (Å²) in [4.78, 5) is 0.163. The van der Waals surface area contributed by atoms with Gasteiger partial charge >= 0.3 is 6.18 Å². The summed E-state index contributed by atoms with van der Waals surface area (Å²) in [6, 6.07) is 9.42. The van der Waals surface area contributed by atoms with Crippen molar-refractivity contribution in [1.29, 1.82) is 0 Å². The molecule has 16 heavy (non-hydrogen) atoms. The lowest BCUT2D eigenvalue weighted by Crippen LogP contribution is -2.34. The van der Waals surface area contributed by atoms with Crippen LogP contribution in [0.15, 0.2) is 30.3 Å². The second-order valence-corrected chi connectivity index (χ2v) is 4.80. The zero-order chi connectivity index (χ0) is 12.2. The van der Waals surface area contributed by atoms with Gasteiger partial charge in [-0.3, -0.25) is 0 Å². The molecule has 5 heteroatoms. The number of halogens is 4. The summed E-state index contributed by atoms with van der Waals surface area (Å²) in [6.45, 7) is 0.456. The molecule has 0 amide bonds. The molecule has 0 saturated heterocycles. The second-order valence-electron chi connectivity index (χ2n) is 3.69. The molecule has 1 rings (SSSR count). The first-order valence-electron chi connectivity index (χ1n) is 4.83. The fraction of sp³-hybridized carbons (Fsp3) is 0.455. The maximum absolute atomic E-state index is 12.3. The van der Waals surface area contributed by atoms with E-state index >= 15 is 0 Å². The molecular formula is C11H13BrF3N. The van der Waals surface area contributed by atoms with E-state index in [0.29, 0.717) is 6.54 Å². The second kappa shape index (κ2) is 5.68. The highest BCUT2D eigenvalue weighted by Crippen LogP contribution is 2.26. The van der Waals surface area contributed by atoms with Crippen LogP contribution in [-0.2, 0) is 6.54 Å². The van der Waals surface area contributed by atoms with Gasteiger partial charge in [0, 0.05) is 13.1 Å². The van der Waals surface area contributed by atoms with E-state index < -0.39 is 11.0 Å². The summed E-state index contributed by atoms with van der Waals surface area (Å²) < 4.78 is 36.8. The SMILES string of the molecule is CN(Cc1ccccc1)CC(Br)C(F)(F)F. The lowest BCUT2D eigenvalue weighted by molar-refractivity contribution is -0.130. The summed E-state index contributed by atoms with van der Waals surface area (Å²) in [6.07, 6.45) is -4.19. The minimum atomic E-state index is -4.19. The Hall–Kier alpha value is -0.550. The number of nitrogens with zero attached hydrogens (tertiary/aromatic N) is 1. The molecule has 1 nitrogen and oxygen atoms in total. The number of hydrogen-bond donors (Lipinski definition) is 0. The molecule has 1 atom stereocenters. The lowest BCUT2D eigenvalue weighted by atomic mass is 10.2. The van der Waals surface area contributed by atoms with E-state index in [-0.39, 0.29) is 6.54 Å². The van der Waals surface area contributed by atoms with Crippen molar-refractivity contribution in [1.82, 2.24) is 4.90 Å². The molecule has 0 N–H and O–H groups in total. The van der Waals surface area contributed by atoms with E-state index in [9.17, 15) is 13.2 Å². The Morgan fingerprint density at radius 1 is 1.25 bits per heavy atom. The van der Waals surface area contributed by atoms with Gasteiger partial charge < -0.3 is 4.90 Å². The largest absolute Gasteiger partial charge is 0.402 e. The van der Waals surface area contributed by atoms with Crippen LogP contribution in [0.1, 0.15) is 5.56 Å². The van der Waals surface area contributed by atoms with Crippen LogP contribution in [0.5, 0.6) is 0 Å². The van der Waals surface area contributed by atoms with Crippen molar-refractivity contribution in [2.75, 3.05) is 13.6 Å².